The van der Waals surface area contributed by atoms with Crippen LogP contribution in [-0.2, 0) is 4.74 Å². The van der Waals surface area contributed by atoms with Crippen LogP contribution in [-0.4, -0.2) is 18.8 Å². The number of aliphatic hydroxyl groups is 1. The number of hydrogen-bond acceptors (Lipinski definition) is 3. The van der Waals surface area contributed by atoms with E-state index in [0.29, 0.717) is 6.61 Å². The van der Waals surface area contributed by atoms with Gasteiger partial charge in [-0.05, 0) is 28.8 Å². The number of aliphatic hydroxyl groups excluding tert-OH is 1. The Balaban J connectivity index is 2.67. The number of aryl methyl sites for hydroxylation is 1. The maximum Gasteiger partial charge on any atom is 0.103 e. The quantitative estimate of drug-likeness (QED) is 0.752. The van der Waals surface area contributed by atoms with Crippen LogP contribution >= 0.6 is 11.3 Å². The van der Waals surface area contributed by atoms with Crippen molar-refractivity contribution in [1.82, 2.24) is 0 Å². The molecule has 0 aliphatic heterocycles. The fraction of sp³-hybridized carbons (Fsp3) is 0.500. The maximum absolute atomic E-state index is 9.47. The van der Waals surface area contributed by atoms with E-state index >= 15 is 0 Å². The molecule has 1 aromatic heterocycles. The first-order valence-electron chi connectivity index (χ1n) is 3.45. The van der Waals surface area contributed by atoms with Crippen molar-refractivity contribution in [2.45, 2.75) is 13.0 Å². The zero-order valence-corrected chi connectivity index (χ0v) is 7.52. The third-order valence-corrected chi connectivity index (χ3v) is 2.46. The number of hydrogen-bond donors (Lipinski definition) is 1. The molecule has 0 aliphatic rings. The van der Waals surface area contributed by atoms with Crippen molar-refractivity contribution >= 4 is 11.3 Å². The number of rotatable bonds is 3. The number of ether oxygens (including phenoxy) is 1. The minimum atomic E-state index is -0.466. The van der Waals surface area contributed by atoms with Crippen molar-refractivity contribution in [3.63, 3.8) is 0 Å². The lowest BCUT2D eigenvalue weighted by molar-refractivity contribution is 0.0643. The van der Waals surface area contributed by atoms with Gasteiger partial charge in [0.1, 0.15) is 6.10 Å². The fourth-order valence-electron chi connectivity index (χ4n) is 0.959. The molecule has 11 heavy (non-hydrogen) atoms. The van der Waals surface area contributed by atoms with Crippen LogP contribution in [0.4, 0.5) is 0 Å². The standard InChI is InChI=1S/C8H12O2S/c1-6-4-11-5-7(6)8(9)3-10-2/h4-5,8-9H,3H2,1-2H3. The molecule has 1 rings (SSSR count). The molecule has 0 amide bonds. The highest BCUT2D eigenvalue weighted by molar-refractivity contribution is 7.08. The summed E-state index contributed by atoms with van der Waals surface area (Å²) in [4.78, 5) is 0. The van der Waals surface area contributed by atoms with Crippen LogP contribution in [0.3, 0.4) is 0 Å². The lowest BCUT2D eigenvalue weighted by Crippen LogP contribution is -2.04. The average molecular weight is 172 g/mol. The Morgan fingerprint density at radius 1 is 1.64 bits per heavy atom. The first-order valence-corrected chi connectivity index (χ1v) is 4.39. The second-order valence-electron chi connectivity index (χ2n) is 2.48. The van der Waals surface area contributed by atoms with E-state index in [9.17, 15) is 5.11 Å². The van der Waals surface area contributed by atoms with Crippen molar-refractivity contribution < 1.29 is 9.84 Å². The summed E-state index contributed by atoms with van der Waals surface area (Å²) in [7, 11) is 1.59. The van der Waals surface area contributed by atoms with Crippen molar-refractivity contribution in [2.75, 3.05) is 13.7 Å². The minimum Gasteiger partial charge on any atom is -0.386 e. The lowest BCUT2D eigenvalue weighted by Gasteiger charge is -2.07. The smallest absolute Gasteiger partial charge is 0.103 e. The molecule has 1 N–H and O–H groups in total. The molecule has 1 atom stereocenters. The van der Waals surface area contributed by atoms with Crippen molar-refractivity contribution in [3.05, 3.63) is 21.9 Å². The molecule has 1 aromatic rings. The van der Waals surface area contributed by atoms with Crippen molar-refractivity contribution in [1.29, 1.82) is 0 Å². The molecule has 0 fully saturated rings. The van der Waals surface area contributed by atoms with Crippen LogP contribution in [0, 0.1) is 6.92 Å². The third kappa shape index (κ3) is 2.02. The van der Waals surface area contributed by atoms with Gasteiger partial charge in [-0.25, -0.2) is 0 Å². The Labute approximate surface area is 70.4 Å². The SMILES string of the molecule is COCC(O)c1cscc1C. The Morgan fingerprint density at radius 3 is 2.82 bits per heavy atom. The van der Waals surface area contributed by atoms with Crippen LogP contribution in [0.2, 0.25) is 0 Å². The van der Waals surface area contributed by atoms with Gasteiger partial charge in [-0.1, -0.05) is 0 Å². The summed E-state index contributed by atoms with van der Waals surface area (Å²) in [5.74, 6) is 0. The monoisotopic (exact) mass is 172 g/mol. The van der Waals surface area contributed by atoms with Gasteiger partial charge in [-0.15, -0.1) is 0 Å². The second-order valence-corrected chi connectivity index (χ2v) is 3.22. The number of thiophene rings is 1. The summed E-state index contributed by atoms with van der Waals surface area (Å²) in [5, 5.41) is 13.5. The Kier molecular flexibility index (Phi) is 3.05. The average Bonchev–Trinajstić information content (AvgIpc) is 2.36. The molecule has 0 bridgehead atoms. The van der Waals surface area contributed by atoms with Crippen molar-refractivity contribution in [2.24, 2.45) is 0 Å². The summed E-state index contributed by atoms with van der Waals surface area (Å²) >= 11 is 1.60. The molecule has 2 nitrogen and oxygen atoms in total. The Morgan fingerprint density at radius 2 is 2.36 bits per heavy atom. The van der Waals surface area contributed by atoms with E-state index in [2.05, 4.69) is 0 Å². The van der Waals surface area contributed by atoms with Crippen LogP contribution in [0.15, 0.2) is 10.8 Å². The Bertz CT molecular complexity index is 220. The fourth-order valence-corrected chi connectivity index (χ4v) is 1.86. The van der Waals surface area contributed by atoms with E-state index < -0.39 is 6.10 Å². The molecule has 1 unspecified atom stereocenters. The van der Waals surface area contributed by atoms with E-state index in [0.717, 1.165) is 11.1 Å². The molecule has 0 saturated heterocycles. The minimum absolute atomic E-state index is 0.373. The van der Waals surface area contributed by atoms with Crippen LogP contribution in [0.5, 0.6) is 0 Å². The van der Waals surface area contributed by atoms with Gasteiger partial charge in [0.05, 0.1) is 6.61 Å². The first kappa shape index (κ1) is 8.71. The number of methoxy groups -OCH3 is 1. The highest BCUT2D eigenvalue weighted by atomic mass is 32.1. The largest absolute Gasteiger partial charge is 0.386 e. The van der Waals surface area contributed by atoms with Crippen LogP contribution in [0.1, 0.15) is 17.2 Å². The summed E-state index contributed by atoms with van der Waals surface area (Å²) in [6, 6.07) is 0. The van der Waals surface area contributed by atoms with Crippen molar-refractivity contribution in [3.8, 4) is 0 Å². The molecular weight excluding hydrogens is 160 g/mol. The maximum atomic E-state index is 9.47. The Hall–Kier alpha value is -0.380. The zero-order chi connectivity index (χ0) is 8.27. The topological polar surface area (TPSA) is 29.5 Å². The molecule has 3 heteroatoms. The van der Waals surface area contributed by atoms with Gasteiger partial charge in [0, 0.05) is 7.11 Å². The van der Waals surface area contributed by atoms with E-state index in [4.69, 9.17) is 4.74 Å². The summed E-state index contributed by atoms with van der Waals surface area (Å²) in [6.07, 6.45) is -0.466. The van der Waals surface area contributed by atoms with Gasteiger partial charge < -0.3 is 9.84 Å². The first-order chi connectivity index (χ1) is 5.25. The molecule has 0 aromatic carbocycles. The molecule has 62 valence electrons. The predicted octanol–water partition coefficient (Wildman–Crippen LogP) is 1.74. The third-order valence-electron chi connectivity index (χ3n) is 1.58. The van der Waals surface area contributed by atoms with E-state index in [-0.39, 0.29) is 0 Å². The molecule has 0 radical (unpaired) electrons. The normalized spacial score (nSPS) is 13.4. The van der Waals surface area contributed by atoms with Gasteiger partial charge >= 0.3 is 0 Å². The summed E-state index contributed by atoms with van der Waals surface area (Å²) in [6.45, 7) is 2.36. The van der Waals surface area contributed by atoms with Gasteiger partial charge in [0.15, 0.2) is 0 Å². The molecule has 0 saturated carbocycles. The van der Waals surface area contributed by atoms with Gasteiger partial charge in [-0.2, -0.15) is 11.3 Å². The van der Waals surface area contributed by atoms with Gasteiger partial charge in [0.25, 0.3) is 0 Å². The highest BCUT2D eigenvalue weighted by Gasteiger charge is 2.09. The van der Waals surface area contributed by atoms with Crippen LogP contribution < -0.4 is 0 Å². The summed E-state index contributed by atoms with van der Waals surface area (Å²) < 4.78 is 4.84. The van der Waals surface area contributed by atoms with E-state index in [1.807, 2.05) is 17.7 Å². The van der Waals surface area contributed by atoms with Gasteiger partial charge in [0.2, 0.25) is 0 Å². The summed E-state index contributed by atoms with van der Waals surface area (Å²) in [5.41, 5.74) is 2.12. The van der Waals surface area contributed by atoms with Crippen LogP contribution in [0.25, 0.3) is 0 Å². The van der Waals surface area contributed by atoms with E-state index in [1.54, 1.807) is 18.4 Å². The molecule has 0 spiro atoms. The van der Waals surface area contributed by atoms with E-state index in [1.165, 1.54) is 0 Å². The van der Waals surface area contributed by atoms with Gasteiger partial charge in [-0.3, -0.25) is 0 Å². The molecule has 0 aliphatic carbocycles. The zero-order valence-electron chi connectivity index (χ0n) is 6.70. The molecular formula is C8H12O2S. The predicted molar refractivity (Wildman–Crippen MR) is 45.9 cm³/mol. The second kappa shape index (κ2) is 3.85. The lowest BCUT2D eigenvalue weighted by atomic mass is 10.1. The molecule has 1 heterocycles. The highest BCUT2D eigenvalue weighted by Crippen LogP contribution is 2.21.